The molecule has 3 aromatic rings. The maximum absolute atomic E-state index is 13.0. The van der Waals surface area contributed by atoms with E-state index >= 15 is 0 Å². The van der Waals surface area contributed by atoms with Crippen LogP contribution in [0.15, 0.2) is 79.1 Å². The fourth-order valence-corrected chi connectivity index (χ4v) is 3.50. The van der Waals surface area contributed by atoms with Crippen LogP contribution in [0, 0.1) is 0 Å². The molecule has 1 amide bonds. The van der Waals surface area contributed by atoms with E-state index in [0.29, 0.717) is 6.42 Å². The largest absolute Gasteiger partial charge is 0.346 e. The highest BCUT2D eigenvalue weighted by atomic mass is 16.2. The molecule has 0 aliphatic carbocycles. The van der Waals surface area contributed by atoms with Gasteiger partial charge in [-0.05, 0) is 35.7 Å². The number of aromatic nitrogens is 1. The van der Waals surface area contributed by atoms with E-state index in [1.54, 1.807) is 0 Å². The van der Waals surface area contributed by atoms with Crippen LogP contribution in [-0.4, -0.2) is 17.0 Å². The molecule has 3 nitrogen and oxygen atoms in total. The molecule has 3 heteroatoms. The molecule has 0 N–H and O–H groups in total. The Morgan fingerprint density at radius 1 is 0.917 bits per heavy atom. The maximum atomic E-state index is 13.0. The number of amides is 1. The lowest BCUT2D eigenvalue weighted by Crippen LogP contribution is -2.31. The number of benzene rings is 2. The van der Waals surface area contributed by atoms with Crippen molar-refractivity contribution in [3.8, 4) is 0 Å². The van der Waals surface area contributed by atoms with E-state index < -0.39 is 0 Å². The van der Waals surface area contributed by atoms with Crippen molar-refractivity contribution in [3.63, 3.8) is 0 Å². The van der Waals surface area contributed by atoms with E-state index in [2.05, 4.69) is 22.8 Å². The molecule has 0 radical (unpaired) electrons. The number of hydrogen-bond acceptors (Lipinski definition) is 1. The third-order valence-corrected chi connectivity index (χ3v) is 4.73. The van der Waals surface area contributed by atoms with Gasteiger partial charge in [-0.3, -0.25) is 4.79 Å². The first-order valence-corrected chi connectivity index (χ1v) is 8.38. The molecule has 2 heterocycles. The number of para-hydroxylation sites is 1. The monoisotopic (exact) mass is 316 g/mol. The molecule has 0 saturated carbocycles. The fourth-order valence-electron chi connectivity index (χ4n) is 3.50. The molecule has 1 atom stereocenters. The van der Waals surface area contributed by atoms with E-state index in [1.165, 1.54) is 5.56 Å². The zero-order valence-electron chi connectivity index (χ0n) is 13.5. The van der Waals surface area contributed by atoms with Crippen LogP contribution in [0.2, 0.25) is 0 Å². The first-order valence-electron chi connectivity index (χ1n) is 8.38. The molecule has 4 rings (SSSR count). The summed E-state index contributed by atoms with van der Waals surface area (Å²) < 4.78 is 2.12. The summed E-state index contributed by atoms with van der Waals surface area (Å²) in [5, 5.41) is 0. The molecular formula is C21H20N2O. The summed E-state index contributed by atoms with van der Waals surface area (Å²) in [6.07, 6.45) is 5.47. The van der Waals surface area contributed by atoms with Gasteiger partial charge in [-0.25, -0.2) is 0 Å². The van der Waals surface area contributed by atoms with Crippen LogP contribution in [0.5, 0.6) is 0 Å². The number of rotatable bonds is 4. The molecule has 0 fully saturated rings. The minimum atomic E-state index is 0.0291. The number of nitrogens with zero attached hydrogens (tertiary/aromatic N) is 2. The lowest BCUT2D eigenvalue weighted by atomic mass is 10.0. The van der Waals surface area contributed by atoms with Crippen LogP contribution in [0.4, 0.5) is 5.69 Å². The lowest BCUT2D eigenvalue weighted by Gasteiger charge is -2.23. The van der Waals surface area contributed by atoms with E-state index in [9.17, 15) is 4.79 Å². The number of anilines is 1. The summed E-state index contributed by atoms with van der Waals surface area (Å²) in [4.78, 5) is 14.9. The zero-order chi connectivity index (χ0) is 16.4. The second-order valence-electron chi connectivity index (χ2n) is 6.18. The summed E-state index contributed by atoms with van der Waals surface area (Å²) in [7, 11) is 0. The van der Waals surface area contributed by atoms with Gasteiger partial charge in [0.1, 0.15) is 0 Å². The highest BCUT2D eigenvalue weighted by Crippen LogP contribution is 2.30. The average molecular weight is 316 g/mol. The summed E-state index contributed by atoms with van der Waals surface area (Å²) >= 11 is 0. The first kappa shape index (κ1) is 14.8. The smallest absolute Gasteiger partial charge is 0.229 e. The van der Waals surface area contributed by atoms with Crippen LogP contribution in [0.25, 0.3) is 0 Å². The molecule has 0 spiro atoms. The van der Waals surface area contributed by atoms with Gasteiger partial charge in [0.15, 0.2) is 0 Å². The minimum absolute atomic E-state index is 0.0291. The molecule has 120 valence electrons. The number of fused-ring (bicyclic) bond motifs is 1. The Hall–Kier alpha value is -2.81. The minimum Gasteiger partial charge on any atom is -0.346 e. The highest BCUT2D eigenvalue weighted by molar-refractivity contribution is 5.95. The van der Waals surface area contributed by atoms with Crippen molar-refractivity contribution >= 4 is 11.6 Å². The quantitative estimate of drug-likeness (QED) is 0.712. The van der Waals surface area contributed by atoms with Crippen molar-refractivity contribution in [1.29, 1.82) is 0 Å². The van der Waals surface area contributed by atoms with Gasteiger partial charge in [-0.1, -0.05) is 48.5 Å². The van der Waals surface area contributed by atoms with Crippen LogP contribution in [-0.2, 0) is 11.2 Å². The summed E-state index contributed by atoms with van der Waals surface area (Å²) in [5.41, 5.74) is 3.50. The normalized spacial score (nSPS) is 14.4. The van der Waals surface area contributed by atoms with Crippen molar-refractivity contribution in [2.45, 2.75) is 18.9 Å². The van der Waals surface area contributed by atoms with Crippen molar-refractivity contribution < 1.29 is 4.79 Å². The predicted octanol–water partition coefficient (Wildman–Crippen LogP) is 4.06. The van der Waals surface area contributed by atoms with Gasteiger partial charge < -0.3 is 9.47 Å². The zero-order valence-corrected chi connectivity index (χ0v) is 13.5. The Morgan fingerprint density at radius 2 is 1.62 bits per heavy atom. The number of hydrogen-bond donors (Lipinski definition) is 0. The second-order valence-corrected chi connectivity index (χ2v) is 6.18. The van der Waals surface area contributed by atoms with Crippen molar-refractivity contribution in [1.82, 2.24) is 4.57 Å². The Bertz CT molecular complexity index is 824. The molecule has 0 unspecified atom stereocenters. The van der Waals surface area contributed by atoms with E-state index in [1.807, 2.05) is 65.8 Å². The molecule has 24 heavy (non-hydrogen) atoms. The molecule has 1 aromatic heterocycles. The summed E-state index contributed by atoms with van der Waals surface area (Å²) in [6, 6.07) is 22.5. The molecule has 1 aliphatic rings. The lowest BCUT2D eigenvalue weighted by molar-refractivity contribution is -0.119. The molecule has 1 aliphatic heterocycles. The maximum Gasteiger partial charge on any atom is 0.229 e. The van der Waals surface area contributed by atoms with Crippen molar-refractivity contribution in [2.24, 2.45) is 0 Å². The predicted molar refractivity (Wildman–Crippen MR) is 96.1 cm³/mol. The second kappa shape index (κ2) is 6.36. The van der Waals surface area contributed by atoms with Gasteiger partial charge in [0.2, 0.25) is 5.91 Å². The van der Waals surface area contributed by atoms with Gasteiger partial charge in [0.05, 0.1) is 12.5 Å². The first-order chi connectivity index (χ1) is 11.8. The third kappa shape index (κ3) is 2.73. The molecule has 2 aromatic carbocycles. The van der Waals surface area contributed by atoms with Crippen LogP contribution in [0.1, 0.15) is 23.6 Å². The Balaban J connectivity index is 1.61. The van der Waals surface area contributed by atoms with Gasteiger partial charge >= 0.3 is 0 Å². The Labute approximate surface area is 142 Å². The Kier molecular flexibility index (Phi) is 3.91. The fraction of sp³-hybridized carbons (Fsp3) is 0.190. The van der Waals surface area contributed by atoms with Crippen LogP contribution >= 0.6 is 0 Å². The number of carbonyl (C=O) groups is 1. The van der Waals surface area contributed by atoms with Gasteiger partial charge in [-0.15, -0.1) is 0 Å². The summed E-state index contributed by atoms with van der Waals surface area (Å²) in [6.45, 7) is 0.783. The van der Waals surface area contributed by atoms with Gasteiger partial charge in [0, 0.05) is 24.6 Å². The van der Waals surface area contributed by atoms with Gasteiger partial charge in [0.25, 0.3) is 0 Å². The number of carbonyl (C=O) groups excluding carboxylic acids is 1. The van der Waals surface area contributed by atoms with Crippen molar-refractivity contribution in [2.75, 3.05) is 11.4 Å². The topological polar surface area (TPSA) is 25.2 Å². The van der Waals surface area contributed by atoms with Crippen LogP contribution < -0.4 is 4.90 Å². The van der Waals surface area contributed by atoms with Crippen molar-refractivity contribution in [3.05, 3.63) is 90.3 Å². The SMILES string of the molecule is O=C(C[C@H](c1ccccc1)n1cccc1)N1CCc2ccccc21. The van der Waals surface area contributed by atoms with Crippen LogP contribution in [0.3, 0.4) is 0 Å². The molecule has 0 saturated heterocycles. The standard InChI is InChI=1S/C21H20N2O/c24-21(23-15-12-18-10-4-5-11-19(18)23)16-20(22-13-6-7-14-22)17-8-2-1-3-9-17/h1-11,13-14,20H,12,15-16H2/t20-/m1/s1. The molecular weight excluding hydrogens is 296 g/mol. The van der Waals surface area contributed by atoms with Gasteiger partial charge in [-0.2, -0.15) is 0 Å². The Morgan fingerprint density at radius 3 is 2.42 bits per heavy atom. The average Bonchev–Trinajstić information content (AvgIpc) is 3.30. The van der Waals surface area contributed by atoms with E-state index in [-0.39, 0.29) is 11.9 Å². The summed E-state index contributed by atoms with van der Waals surface area (Å²) in [5.74, 6) is 0.183. The highest BCUT2D eigenvalue weighted by Gasteiger charge is 2.27. The van der Waals surface area contributed by atoms with E-state index in [4.69, 9.17) is 0 Å². The van der Waals surface area contributed by atoms with E-state index in [0.717, 1.165) is 24.2 Å². The third-order valence-electron chi connectivity index (χ3n) is 4.73. The molecule has 0 bridgehead atoms.